The first kappa shape index (κ1) is 38.1. The topological polar surface area (TPSA) is 73.7 Å². The molecule has 1 aliphatic rings. The number of allylic oxidation sites excluding steroid dienone is 3. The molecule has 0 N–H and O–H groups in total. The number of benzene rings is 5. The van der Waals surface area contributed by atoms with E-state index in [0.717, 1.165) is 84.2 Å². The Morgan fingerprint density at radius 2 is 0.903 bits per heavy atom. The van der Waals surface area contributed by atoms with Crippen LogP contribution < -0.4 is 4.74 Å². The molecule has 6 nitrogen and oxygen atoms in total. The monoisotopic (exact) mass is 799 g/mol. The number of ether oxygens (including phenoxy) is 1. The maximum atomic E-state index is 6.83. The Labute approximate surface area is 361 Å². The van der Waals surface area contributed by atoms with E-state index in [-0.39, 0.29) is 0 Å². The Morgan fingerprint density at radius 1 is 0.419 bits per heavy atom. The van der Waals surface area contributed by atoms with E-state index in [1.54, 1.807) is 24.8 Å². The first-order valence-corrected chi connectivity index (χ1v) is 20.8. The van der Waals surface area contributed by atoms with Crippen molar-refractivity contribution in [3.05, 3.63) is 248 Å². The fraction of sp³-hybridized carbons (Fsp3) is 0.0536. The first-order chi connectivity index (χ1) is 30.7. The van der Waals surface area contributed by atoms with Gasteiger partial charge in [-0.3, -0.25) is 9.97 Å². The lowest BCUT2D eigenvalue weighted by molar-refractivity contribution is 0.352. The number of aromatic nitrogens is 5. The zero-order chi connectivity index (χ0) is 41.6. The Balaban J connectivity index is 1.19. The van der Waals surface area contributed by atoms with Crippen LogP contribution in [0.3, 0.4) is 0 Å². The van der Waals surface area contributed by atoms with Gasteiger partial charge in [0.15, 0.2) is 5.82 Å². The minimum atomic E-state index is -0.696. The fourth-order valence-corrected chi connectivity index (χ4v) is 8.38. The summed E-state index contributed by atoms with van der Waals surface area (Å²) in [4.78, 5) is 24.2. The van der Waals surface area contributed by atoms with E-state index in [1.807, 2.05) is 60.7 Å². The lowest BCUT2D eigenvalue weighted by Crippen LogP contribution is -2.30. The van der Waals surface area contributed by atoms with Gasteiger partial charge in [0.2, 0.25) is 0 Å². The molecule has 0 saturated carbocycles. The van der Waals surface area contributed by atoms with E-state index >= 15 is 0 Å². The molecular weight excluding hydrogens is 759 g/mol. The van der Waals surface area contributed by atoms with Crippen molar-refractivity contribution in [3.8, 4) is 61.9 Å². The minimum Gasteiger partial charge on any atom is -0.489 e. The summed E-state index contributed by atoms with van der Waals surface area (Å²) in [5, 5.41) is 0. The first-order valence-electron chi connectivity index (χ1n) is 20.8. The number of fused-ring (bicyclic) bond motifs is 1. The van der Waals surface area contributed by atoms with Crippen LogP contribution in [0.4, 0.5) is 0 Å². The van der Waals surface area contributed by atoms with Gasteiger partial charge in [-0.15, -0.1) is 0 Å². The average Bonchev–Trinajstić information content (AvgIpc) is 3.36. The highest BCUT2D eigenvalue weighted by molar-refractivity contribution is 5.79. The van der Waals surface area contributed by atoms with Gasteiger partial charge in [-0.05, 0) is 89.3 Å². The molecule has 296 valence electrons. The summed E-state index contributed by atoms with van der Waals surface area (Å²) in [6, 6.07) is 63.2. The second-order valence-electron chi connectivity index (χ2n) is 15.2. The molecule has 0 unspecified atom stereocenters. The van der Waals surface area contributed by atoms with Gasteiger partial charge < -0.3 is 4.74 Å². The molecule has 10 rings (SSSR count). The highest BCUT2D eigenvalue weighted by Gasteiger charge is 2.39. The van der Waals surface area contributed by atoms with Gasteiger partial charge in [0.05, 0.1) is 28.2 Å². The molecule has 5 heterocycles. The predicted octanol–water partition coefficient (Wildman–Crippen LogP) is 12.8. The van der Waals surface area contributed by atoms with Crippen molar-refractivity contribution in [3.63, 3.8) is 0 Å². The van der Waals surface area contributed by atoms with Gasteiger partial charge in [0, 0.05) is 58.2 Å². The normalized spacial score (nSPS) is 14.2. The van der Waals surface area contributed by atoms with Gasteiger partial charge in [-0.2, -0.15) is 0 Å². The molecule has 0 amide bonds. The standard InChI is InChI=1S/C56H41N5O/c1-5-14-40(15-6-1)52-39-53(41-16-7-2-8-17-41)61-55(60-52)44-18-13-35-62-54-24-23-45(36-49(54)56(30-25-44,47-19-9-3-10-20-47)48-21-11-4-12-22-48)46-37-50(42-26-31-57-32-27-42)59-51(38-46)43-28-33-58-34-29-43/h1-29,31-34,36-39H,30,35H2/b18-13?,44-25+. The summed E-state index contributed by atoms with van der Waals surface area (Å²) in [6.45, 7) is 0.348. The van der Waals surface area contributed by atoms with Gasteiger partial charge in [-0.25, -0.2) is 15.0 Å². The molecule has 0 bridgehead atoms. The molecule has 0 fully saturated rings. The van der Waals surface area contributed by atoms with E-state index in [1.165, 1.54) is 0 Å². The van der Waals surface area contributed by atoms with E-state index in [2.05, 4.69) is 150 Å². The van der Waals surface area contributed by atoms with Crippen molar-refractivity contribution in [1.29, 1.82) is 0 Å². The largest absolute Gasteiger partial charge is 0.489 e. The Kier molecular flexibility index (Phi) is 10.6. The highest BCUT2D eigenvalue weighted by atomic mass is 16.5. The van der Waals surface area contributed by atoms with Crippen molar-refractivity contribution in [2.45, 2.75) is 11.8 Å². The van der Waals surface area contributed by atoms with Crippen LogP contribution in [-0.4, -0.2) is 31.5 Å². The third kappa shape index (κ3) is 7.73. The number of hydrogen-bond donors (Lipinski definition) is 0. The van der Waals surface area contributed by atoms with Crippen LogP contribution in [-0.2, 0) is 5.41 Å². The molecule has 0 radical (unpaired) electrons. The summed E-state index contributed by atoms with van der Waals surface area (Å²) in [6.07, 6.45) is 14.3. The van der Waals surface area contributed by atoms with Gasteiger partial charge in [0.25, 0.3) is 0 Å². The molecule has 6 heteroatoms. The summed E-state index contributed by atoms with van der Waals surface area (Å²) >= 11 is 0. The fourth-order valence-electron chi connectivity index (χ4n) is 8.38. The molecule has 0 aliphatic carbocycles. The maximum absolute atomic E-state index is 6.83. The SMILES string of the molecule is C1=C/C(c2nc(-c3ccccc3)cc(-c3ccccc3)n2)=C\CC(c2ccccc2)(c2ccccc2)c2cc(-c3cc(-c4ccncc4)nc(-c4ccncc4)c3)ccc2OC1. The van der Waals surface area contributed by atoms with Gasteiger partial charge >= 0.3 is 0 Å². The van der Waals surface area contributed by atoms with Crippen LogP contribution in [0, 0.1) is 0 Å². The van der Waals surface area contributed by atoms with Crippen LogP contribution in [0.25, 0.3) is 61.7 Å². The van der Waals surface area contributed by atoms with Crippen LogP contribution in [0.2, 0.25) is 0 Å². The zero-order valence-electron chi connectivity index (χ0n) is 33.9. The van der Waals surface area contributed by atoms with Gasteiger partial charge in [0.1, 0.15) is 12.4 Å². The van der Waals surface area contributed by atoms with E-state index in [0.29, 0.717) is 18.9 Å². The van der Waals surface area contributed by atoms with E-state index in [4.69, 9.17) is 19.7 Å². The molecule has 9 aromatic rings. The Bertz CT molecular complexity index is 2860. The molecule has 0 atom stereocenters. The smallest absolute Gasteiger partial charge is 0.160 e. The van der Waals surface area contributed by atoms with Crippen molar-refractivity contribution in [2.24, 2.45) is 0 Å². The van der Waals surface area contributed by atoms with Crippen molar-refractivity contribution in [1.82, 2.24) is 24.9 Å². The van der Waals surface area contributed by atoms with E-state index < -0.39 is 5.41 Å². The lowest BCUT2D eigenvalue weighted by atomic mass is 9.66. The summed E-state index contributed by atoms with van der Waals surface area (Å²) in [5.41, 5.74) is 13.1. The summed E-state index contributed by atoms with van der Waals surface area (Å²) in [7, 11) is 0. The average molecular weight is 800 g/mol. The maximum Gasteiger partial charge on any atom is 0.160 e. The minimum absolute atomic E-state index is 0.348. The molecule has 5 aromatic carbocycles. The third-order valence-corrected chi connectivity index (χ3v) is 11.5. The number of nitrogens with zero attached hydrogens (tertiary/aromatic N) is 5. The van der Waals surface area contributed by atoms with Crippen molar-refractivity contribution < 1.29 is 4.74 Å². The predicted molar refractivity (Wildman–Crippen MR) is 249 cm³/mol. The second kappa shape index (κ2) is 17.3. The van der Waals surface area contributed by atoms with Crippen LogP contribution in [0.5, 0.6) is 5.75 Å². The lowest BCUT2D eigenvalue weighted by Gasteiger charge is -2.37. The number of pyridine rings is 3. The molecule has 62 heavy (non-hydrogen) atoms. The van der Waals surface area contributed by atoms with Crippen molar-refractivity contribution in [2.75, 3.05) is 6.61 Å². The second-order valence-corrected chi connectivity index (χ2v) is 15.2. The summed E-state index contributed by atoms with van der Waals surface area (Å²) < 4.78 is 6.83. The van der Waals surface area contributed by atoms with E-state index in [9.17, 15) is 0 Å². The highest BCUT2D eigenvalue weighted by Crippen LogP contribution is 2.48. The van der Waals surface area contributed by atoms with Crippen LogP contribution in [0.1, 0.15) is 28.9 Å². The molecule has 4 aromatic heterocycles. The molecule has 0 saturated heterocycles. The third-order valence-electron chi connectivity index (χ3n) is 11.5. The molecular formula is C56H41N5O. The van der Waals surface area contributed by atoms with Crippen LogP contribution in [0.15, 0.2) is 225 Å². The van der Waals surface area contributed by atoms with Crippen molar-refractivity contribution >= 4 is 5.57 Å². The Morgan fingerprint density at radius 3 is 1.44 bits per heavy atom. The molecule has 1 aliphatic heterocycles. The quantitative estimate of drug-likeness (QED) is 0.152. The van der Waals surface area contributed by atoms with Crippen LogP contribution >= 0.6 is 0 Å². The summed E-state index contributed by atoms with van der Waals surface area (Å²) in [5.74, 6) is 1.46. The Hall–Kier alpha value is -8.09. The van der Waals surface area contributed by atoms with Gasteiger partial charge in [-0.1, -0.05) is 140 Å². The number of rotatable bonds is 8. The molecule has 0 spiro atoms. The number of hydrogen-bond acceptors (Lipinski definition) is 6. The zero-order valence-corrected chi connectivity index (χ0v) is 33.9.